The minimum absolute atomic E-state index is 0.848. The fraction of sp³-hybridized carbons (Fsp3) is 0.667. The molecule has 0 heterocycles. The van der Waals surface area contributed by atoms with E-state index in [1.165, 1.54) is 80.3 Å². The van der Waals surface area contributed by atoms with Gasteiger partial charge < -0.3 is 9.92 Å². The van der Waals surface area contributed by atoms with E-state index in [1.807, 2.05) is 0 Å². The summed E-state index contributed by atoms with van der Waals surface area (Å²) < 4.78 is 5.64. The Kier molecular flexibility index (Phi) is 11.6. The third kappa shape index (κ3) is 10.8. The Morgan fingerprint density at radius 3 is 1.90 bits per heavy atom. The number of hydrogen-bond acceptors (Lipinski definition) is 3. The lowest BCUT2D eigenvalue weighted by atomic mass is 10.1. The summed E-state index contributed by atoms with van der Waals surface area (Å²) in [6, 6.07) is 8.48. The van der Waals surface area contributed by atoms with E-state index in [1.54, 1.807) is 0 Å². The molecule has 0 amide bonds. The van der Waals surface area contributed by atoms with Crippen molar-refractivity contribution in [2.75, 3.05) is 13.2 Å². The van der Waals surface area contributed by atoms with Crippen molar-refractivity contribution >= 4 is 12.0 Å². The molecule has 0 saturated carbocycles. The fourth-order valence-electron chi connectivity index (χ4n) is 2.25. The third-order valence-corrected chi connectivity index (χ3v) is 4.36. The molecule has 0 bridgehead atoms. The number of nitrogens with two attached hydrogens (primary N) is 1. The van der Waals surface area contributed by atoms with Crippen LogP contribution in [0.15, 0.2) is 29.2 Å². The molecule has 1 rings (SSSR count). The van der Waals surface area contributed by atoms with Crippen LogP contribution >= 0.6 is 12.0 Å². The highest BCUT2D eigenvalue weighted by Gasteiger charge is 1.96. The van der Waals surface area contributed by atoms with E-state index in [4.69, 9.17) is 9.92 Å². The molecule has 0 radical (unpaired) electrons. The Morgan fingerprint density at radius 1 is 0.810 bits per heavy atom. The van der Waals surface area contributed by atoms with E-state index in [-0.39, 0.29) is 0 Å². The normalized spacial score (nSPS) is 11.0. The van der Waals surface area contributed by atoms with Gasteiger partial charge in [0.2, 0.25) is 0 Å². The second-order valence-electron chi connectivity index (χ2n) is 5.69. The van der Waals surface area contributed by atoms with Gasteiger partial charge in [-0.05, 0) is 38.4 Å². The predicted molar refractivity (Wildman–Crippen MR) is 93.6 cm³/mol. The maximum Gasteiger partial charge on any atom is 0.0618 e. The Labute approximate surface area is 135 Å². The number of hydrogen-bond donors (Lipinski definition) is 1. The number of benzene rings is 1. The topological polar surface area (TPSA) is 35.2 Å². The molecule has 120 valence electrons. The van der Waals surface area contributed by atoms with Gasteiger partial charge in [0.25, 0.3) is 0 Å². The molecule has 1 aromatic rings. The van der Waals surface area contributed by atoms with Crippen LogP contribution in [0.25, 0.3) is 0 Å². The minimum Gasteiger partial charge on any atom is -0.330 e. The second kappa shape index (κ2) is 13.2. The summed E-state index contributed by atoms with van der Waals surface area (Å²) in [4.78, 5) is 1.19. The van der Waals surface area contributed by atoms with Crippen LogP contribution in [0.3, 0.4) is 0 Å². The van der Waals surface area contributed by atoms with Crippen molar-refractivity contribution in [3.05, 3.63) is 29.8 Å². The molecule has 0 fully saturated rings. The molecule has 0 atom stereocenters. The lowest BCUT2D eigenvalue weighted by molar-refractivity contribution is 0.354. The van der Waals surface area contributed by atoms with Gasteiger partial charge in [0.05, 0.1) is 6.61 Å². The van der Waals surface area contributed by atoms with Crippen molar-refractivity contribution in [3.63, 3.8) is 0 Å². The lowest BCUT2D eigenvalue weighted by Crippen LogP contribution is -1.97. The first-order chi connectivity index (χ1) is 10.3. The standard InChI is InChI=1S/C18H31NOS/c1-17-11-13-18(14-12-17)21-20-16-10-8-6-4-2-3-5-7-9-15-19/h11-14H,2-10,15-16,19H2,1H3. The van der Waals surface area contributed by atoms with Gasteiger partial charge in [-0.25, -0.2) is 0 Å². The van der Waals surface area contributed by atoms with Crippen LogP contribution in [-0.2, 0) is 4.18 Å². The molecule has 0 unspecified atom stereocenters. The van der Waals surface area contributed by atoms with Crippen LogP contribution in [0.4, 0.5) is 0 Å². The first kappa shape index (κ1) is 18.5. The molecule has 0 aliphatic heterocycles. The first-order valence-corrected chi connectivity index (χ1v) is 9.13. The van der Waals surface area contributed by atoms with E-state index in [2.05, 4.69) is 31.2 Å². The molecule has 2 nitrogen and oxygen atoms in total. The summed E-state index contributed by atoms with van der Waals surface area (Å²) in [5, 5.41) is 0. The molecular formula is C18H31NOS. The zero-order chi connectivity index (χ0) is 15.2. The zero-order valence-electron chi connectivity index (χ0n) is 13.5. The minimum atomic E-state index is 0.848. The largest absolute Gasteiger partial charge is 0.330 e. The molecule has 0 aliphatic carbocycles. The Bertz CT molecular complexity index is 340. The Hall–Kier alpha value is -0.510. The molecule has 0 spiro atoms. The van der Waals surface area contributed by atoms with Crippen LogP contribution in [0.1, 0.15) is 63.4 Å². The van der Waals surface area contributed by atoms with Gasteiger partial charge in [0.1, 0.15) is 0 Å². The van der Waals surface area contributed by atoms with Crippen LogP contribution in [0.5, 0.6) is 0 Å². The van der Waals surface area contributed by atoms with Crippen LogP contribution < -0.4 is 5.73 Å². The van der Waals surface area contributed by atoms with Gasteiger partial charge in [0.15, 0.2) is 0 Å². The first-order valence-electron chi connectivity index (χ1n) is 8.39. The molecule has 0 aliphatic rings. The Balaban J connectivity index is 1.81. The molecule has 1 aromatic carbocycles. The molecule has 0 aromatic heterocycles. The van der Waals surface area contributed by atoms with Crippen LogP contribution in [-0.4, -0.2) is 13.2 Å². The van der Waals surface area contributed by atoms with Crippen molar-refractivity contribution in [2.45, 2.75) is 69.6 Å². The highest BCUT2D eigenvalue weighted by molar-refractivity contribution is 7.94. The smallest absolute Gasteiger partial charge is 0.0618 e. The predicted octanol–water partition coefficient (Wildman–Crippen LogP) is 5.49. The summed E-state index contributed by atoms with van der Waals surface area (Å²) in [5.74, 6) is 0. The highest BCUT2D eigenvalue weighted by Crippen LogP contribution is 2.20. The van der Waals surface area contributed by atoms with E-state index >= 15 is 0 Å². The van der Waals surface area contributed by atoms with Crippen molar-refractivity contribution in [1.29, 1.82) is 0 Å². The summed E-state index contributed by atoms with van der Waals surface area (Å²) in [6.45, 7) is 3.81. The zero-order valence-corrected chi connectivity index (χ0v) is 14.3. The molecule has 3 heteroatoms. The van der Waals surface area contributed by atoms with E-state index in [9.17, 15) is 0 Å². The van der Waals surface area contributed by atoms with Crippen molar-refractivity contribution < 1.29 is 4.18 Å². The molecule has 2 N–H and O–H groups in total. The van der Waals surface area contributed by atoms with Crippen molar-refractivity contribution in [2.24, 2.45) is 5.73 Å². The quantitative estimate of drug-likeness (QED) is 0.386. The van der Waals surface area contributed by atoms with E-state index < -0.39 is 0 Å². The second-order valence-corrected chi connectivity index (χ2v) is 6.56. The molecule has 21 heavy (non-hydrogen) atoms. The third-order valence-electron chi connectivity index (χ3n) is 3.61. The highest BCUT2D eigenvalue weighted by atomic mass is 32.2. The average Bonchev–Trinajstić information content (AvgIpc) is 2.50. The maximum atomic E-state index is 5.64. The molecular weight excluding hydrogens is 278 g/mol. The summed E-state index contributed by atoms with van der Waals surface area (Å²) in [5.41, 5.74) is 6.77. The lowest BCUT2D eigenvalue weighted by Gasteiger charge is -2.04. The number of rotatable bonds is 13. The monoisotopic (exact) mass is 309 g/mol. The summed E-state index contributed by atoms with van der Waals surface area (Å²) in [6.07, 6.45) is 11.8. The summed E-state index contributed by atoms with van der Waals surface area (Å²) >= 11 is 1.50. The number of unbranched alkanes of at least 4 members (excludes halogenated alkanes) is 8. The van der Waals surface area contributed by atoms with Crippen LogP contribution in [0.2, 0.25) is 0 Å². The molecule has 0 saturated heterocycles. The fourth-order valence-corrected chi connectivity index (χ4v) is 2.83. The maximum absolute atomic E-state index is 5.64. The van der Waals surface area contributed by atoms with Gasteiger partial charge in [-0.1, -0.05) is 62.6 Å². The van der Waals surface area contributed by atoms with Gasteiger partial charge in [0, 0.05) is 16.9 Å². The van der Waals surface area contributed by atoms with Gasteiger partial charge in [-0.15, -0.1) is 0 Å². The van der Waals surface area contributed by atoms with Crippen molar-refractivity contribution in [3.8, 4) is 0 Å². The van der Waals surface area contributed by atoms with Gasteiger partial charge >= 0.3 is 0 Å². The summed E-state index contributed by atoms with van der Waals surface area (Å²) in [7, 11) is 0. The Morgan fingerprint density at radius 2 is 1.33 bits per heavy atom. The van der Waals surface area contributed by atoms with Crippen LogP contribution in [0, 0.1) is 6.92 Å². The van der Waals surface area contributed by atoms with Gasteiger partial charge in [-0.2, -0.15) is 0 Å². The van der Waals surface area contributed by atoms with E-state index in [0.717, 1.165) is 13.2 Å². The van der Waals surface area contributed by atoms with Gasteiger partial charge in [-0.3, -0.25) is 0 Å². The van der Waals surface area contributed by atoms with Crippen molar-refractivity contribution in [1.82, 2.24) is 0 Å². The van der Waals surface area contributed by atoms with E-state index in [0.29, 0.717) is 0 Å². The SMILES string of the molecule is Cc1ccc(SOCCCCCCCCCCCN)cc1. The number of aryl methyl sites for hydroxylation is 1. The average molecular weight is 310 g/mol.